The van der Waals surface area contributed by atoms with Crippen LogP contribution in [0.25, 0.3) is 0 Å². The van der Waals surface area contributed by atoms with Crippen LogP contribution in [0.3, 0.4) is 0 Å². The number of carbonyl (C=O) groups excluding carboxylic acids is 1. The number of aromatic carboxylic acids is 1. The van der Waals surface area contributed by atoms with E-state index in [2.05, 4.69) is 11.9 Å². The Hall–Kier alpha value is -3.08. The Morgan fingerprint density at radius 1 is 1.09 bits per heavy atom. The van der Waals surface area contributed by atoms with Gasteiger partial charge in [-0.2, -0.15) is 0 Å². The number of anilines is 1. The first-order chi connectivity index (χ1) is 10.6. The zero-order valence-electron chi connectivity index (χ0n) is 12.0. The quantitative estimate of drug-likeness (QED) is 0.597. The molecule has 5 heteroatoms. The van der Waals surface area contributed by atoms with Crippen LogP contribution < -0.4 is 11.1 Å². The van der Waals surface area contributed by atoms with Crippen molar-refractivity contribution in [2.45, 2.75) is 0 Å². The highest BCUT2D eigenvalue weighted by Crippen LogP contribution is 2.09. The van der Waals surface area contributed by atoms with Gasteiger partial charge in [-0.05, 0) is 24.3 Å². The Bertz CT molecular complexity index is 639. The molecule has 2 aromatic carbocycles. The van der Waals surface area contributed by atoms with Gasteiger partial charge < -0.3 is 16.2 Å². The molecule has 0 aliphatic rings. The molecular formula is C17H18N2O3. The van der Waals surface area contributed by atoms with E-state index in [1.807, 2.05) is 18.2 Å². The van der Waals surface area contributed by atoms with Crippen LogP contribution in [0.15, 0.2) is 67.3 Å². The number of para-hydroxylation sites is 1. The molecule has 0 saturated heterocycles. The summed E-state index contributed by atoms with van der Waals surface area (Å²) in [5.41, 5.74) is 6.48. The van der Waals surface area contributed by atoms with Gasteiger partial charge in [0.05, 0.1) is 5.56 Å². The number of nitrogens with two attached hydrogens (primary N) is 1. The number of nitrogens with one attached hydrogen (secondary N) is 1. The molecule has 0 unspecified atom stereocenters. The molecular weight excluding hydrogens is 280 g/mol. The van der Waals surface area contributed by atoms with E-state index in [4.69, 9.17) is 10.8 Å². The van der Waals surface area contributed by atoms with Gasteiger partial charge in [-0.25, -0.2) is 4.79 Å². The minimum atomic E-state index is -0.988. The fourth-order valence-electron chi connectivity index (χ4n) is 1.55. The number of amides is 1. The number of benzene rings is 2. The number of hydrogen-bond acceptors (Lipinski definition) is 3. The second kappa shape index (κ2) is 8.97. The van der Waals surface area contributed by atoms with Crippen LogP contribution in [-0.2, 0) is 0 Å². The summed E-state index contributed by atoms with van der Waals surface area (Å²) >= 11 is 0. The first-order valence-electron chi connectivity index (χ1n) is 6.58. The van der Waals surface area contributed by atoms with E-state index >= 15 is 0 Å². The number of rotatable bonds is 4. The van der Waals surface area contributed by atoms with Crippen LogP contribution in [0.5, 0.6) is 0 Å². The van der Waals surface area contributed by atoms with Crippen molar-refractivity contribution in [3.63, 3.8) is 0 Å². The maximum atomic E-state index is 11.2. The van der Waals surface area contributed by atoms with Gasteiger partial charge in [-0.15, -0.1) is 6.58 Å². The third-order valence-corrected chi connectivity index (χ3v) is 2.63. The van der Waals surface area contributed by atoms with E-state index in [0.29, 0.717) is 17.8 Å². The number of carbonyl (C=O) groups is 2. The molecule has 0 heterocycles. The van der Waals surface area contributed by atoms with E-state index in [9.17, 15) is 9.59 Å². The summed E-state index contributed by atoms with van der Waals surface area (Å²) in [6, 6.07) is 15.5. The molecule has 0 saturated carbocycles. The van der Waals surface area contributed by atoms with Crippen molar-refractivity contribution in [2.75, 3.05) is 12.3 Å². The second-order valence-electron chi connectivity index (χ2n) is 4.26. The van der Waals surface area contributed by atoms with E-state index in [0.717, 1.165) is 0 Å². The lowest BCUT2D eigenvalue weighted by atomic mass is 10.2. The van der Waals surface area contributed by atoms with Crippen molar-refractivity contribution in [1.82, 2.24) is 5.32 Å². The van der Waals surface area contributed by atoms with E-state index in [-0.39, 0.29) is 11.5 Å². The molecule has 1 amide bonds. The van der Waals surface area contributed by atoms with Crippen molar-refractivity contribution in [1.29, 1.82) is 0 Å². The van der Waals surface area contributed by atoms with Crippen molar-refractivity contribution in [2.24, 2.45) is 0 Å². The lowest BCUT2D eigenvalue weighted by molar-refractivity contribution is 0.0697. The van der Waals surface area contributed by atoms with Crippen LogP contribution in [0.2, 0.25) is 0 Å². The van der Waals surface area contributed by atoms with Crippen LogP contribution in [0, 0.1) is 0 Å². The highest BCUT2D eigenvalue weighted by Gasteiger charge is 2.03. The molecule has 5 nitrogen and oxygen atoms in total. The van der Waals surface area contributed by atoms with E-state index in [1.165, 1.54) is 6.07 Å². The summed E-state index contributed by atoms with van der Waals surface area (Å²) in [4.78, 5) is 21.6. The van der Waals surface area contributed by atoms with Crippen LogP contribution in [0.4, 0.5) is 5.69 Å². The molecule has 4 N–H and O–H groups in total. The number of nitrogen functional groups attached to an aromatic ring is 1. The fourth-order valence-corrected chi connectivity index (χ4v) is 1.55. The number of hydrogen-bond donors (Lipinski definition) is 3. The smallest absolute Gasteiger partial charge is 0.337 e. The molecule has 0 atom stereocenters. The Balaban J connectivity index is 0.000000224. The predicted molar refractivity (Wildman–Crippen MR) is 86.8 cm³/mol. The van der Waals surface area contributed by atoms with Crippen LogP contribution in [-0.4, -0.2) is 23.5 Å². The average Bonchev–Trinajstić information content (AvgIpc) is 2.54. The average molecular weight is 298 g/mol. The molecule has 2 rings (SSSR count). The molecule has 114 valence electrons. The van der Waals surface area contributed by atoms with Crippen molar-refractivity contribution in [3.05, 3.63) is 78.4 Å². The van der Waals surface area contributed by atoms with Gasteiger partial charge in [-0.3, -0.25) is 4.79 Å². The fraction of sp³-hybridized carbons (Fsp3) is 0.0588. The van der Waals surface area contributed by atoms with Gasteiger partial charge in [0.15, 0.2) is 0 Å². The largest absolute Gasteiger partial charge is 0.478 e. The zero-order valence-corrected chi connectivity index (χ0v) is 12.0. The summed E-state index contributed by atoms with van der Waals surface area (Å²) in [5, 5.41) is 11.2. The molecule has 22 heavy (non-hydrogen) atoms. The summed E-state index contributed by atoms with van der Waals surface area (Å²) in [6.07, 6.45) is 1.65. The Kier molecular flexibility index (Phi) is 6.92. The highest BCUT2D eigenvalue weighted by molar-refractivity contribution is 5.94. The Labute approximate surface area is 129 Å². The normalized spacial score (nSPS) is 9.09. The maximum Gasteiger partial charge on any atom is 0.337 e. The first kappa shape index (κ1) is 17.0. The SMILES string of the molecule is C=CCNC(=O)c1ccccc1.Nc1ccccc1C(=O)O. The van der Waals surface area contributed by atoms with Crippen molar-refractivity contribution >= 4 is 17.6 Å². The number of carboxylic acids is 1. The Morgan fingerprint density at radius 2 is 1.68 bits per heavy atom. The number of carboxylic acid groups (broad SMARTS) is 1. The third-order valence-electron chi connectivity index (χ3n) is 2.63. The van der Waals surface area contributed by atoms with E-state index in [1.54, 1.807) is 36.4 Å². The third kappa shape index (κ3) is 5.50. The van der Waals surface area contributed by atoms with Gasteiger partial charge in [0.25, 0.3) is 5.91 Å². The van der Waals surface area contributed by atoms with Crippen LogP contribution >= 0.6 is 0 Å². The molecule has 0 aromatic heterocycles. The van der Waals surface area contributed by atoms with E-state index < -0.39 is 5.97 Å². The van der Waals surface area contributed by atoms with Crippen molar-refractivity contribution in [3.8, 4) is 0 Å². The van der Waals surface area contributed by atoms with Gasteiger partial charge in [-0.1, -0.05) is 36.4 Å². The molecule has 0 aliphatic carbocycles. The summed E-state index contributed by atoms with van der Waals surface area (Å²) in [7, 11) is 0. The first-order valence-corrected chi connectivity index (χ1v) is 6.58. The summed E-state index contributed by atoms with van der Waals surface area (Å²) in [6.45, 7) is 4.02. The molecule has 2 aromatic rings. The lowest BCUT2D eigenvalue weighted by Crippen LogP contribution is -2.22. The van der Waals surface area contributed by atoms with Gasteiger partial charge >= 0.3 is 5.97 Å². The van der Waals surface area contributed by atoms with Crippen molar-refractivity contribution < 1.29 is 14.7 Å². The monoisotopic (exact) mass is 298 g/mol. The molecule has 0 bridgehead atoms. The van der Waals surface area contributed by atoms with Gasteiger partial charge in [0.1, 0.15) is 0 Å². The minimum Gasteiger partial charge on any atom is -0.478 e. The highest BCUT2D eigenvalue weighted by atomic mass is 16.4. The topological polar surface area (TPSA) is 92.4 Å². The maximum absolute atomic E-state index is 11.2. The minimum absolute atomic E-state index is 0.0597. The Morgan fingerprint density at radius 3 is 2.18 bits per heavy atom. The zero-order chi connectivity index (χ0) is 16.4. The molecule has 0 radical (unpaired) electrons. The summed E-state index contributed by atoms with van der Waals surface area (Å²) < 4.78 is 0. The molecule has 0 fully saturated rings. The van der Waals surface area contributed by atoms with Gasteiger partial charge in [0.2, 0.25) is 0 Å². The predicted octanol–water partition coefficient (Wildman–Crippen LogP) is 2.57. The molecule has 0 spiro atoms. The second-order valence-corrected chi connectivity index (χ2v) is 4.26. The van der Waals surface area contributed by atoms with Crippen LogP contribution in [0.1, 0.15) is 20.7 Å². The lowest BCUT2D eigenvalue weighted by Gasteiger charge is -2.00. The molecule has 0 aliphatic heterocycles. The summed E-state index contributed by atoms with van der Waals surface area (Å²) in [5.74, 6) is -1.05. The standard InChI is InChI=1S/C10H11NO.C7H7NO2/c1-2-8-11-10(12)9-6-4-3-5-7-9;8-6-4-2-1-3-5(6)7(9)10/h2-7H,1,8H2,(H,11,12);1-4H,8H2,(H,9,10). The van der Waals surface area contributed by atoms with Gasteiger partial charge in [0, 0.05) is 17.8 Å².